The van der Waals surface area contributed by atoms with Gasteiger partial charge in [0.05, 0.1) is 5.39 Å². The van der Waals surface area contributed by atoms with Crippen molar-refractivity contribution in [3.05, 3.63) is 45.8 Å². The molecule has 2 aromatic heterocycles. The van der Waals surface area contributed by atoms with E-state index in [0.717, 1.165) is 40.0 Å². The largest absolute Gasteiger partial charge is 0.343 e. The highest BCUT2D eigenvalue weighted by molar-refractivity contribution is 9.10. The monoisotopic (exact) mass is 342 g/mol. The number of anilines is 2. The molecule has 0 spiro atoms. The highest BCUT2D eigenvalue weighted by Crippen LogP contribution is 2.39. The van der Waals surface area contributed by atoms with Crippen molar-refractivity contribution in [3.8, 4) is 0 Å². The predicted molar refractivity (Wildman–Crippen MR) is 88.2 cm³/mol. The van der Waals surface area contributed by atoms with Crippen molar-refractivity contribution in [2.24, 2.45) is 0 Å². The molecule has 0 saturated heterocycles. The summed E-state index contributed by atoms with van der Waals surface area (Å²) in [4.78, 5) is 14.6. The molecule has 0 saturated carbocycles. The average Bonchev–Trinajstić information content (AvgIpc) is 3.00. The van der Waals surface area contributed by atoms with Crippen LogP contribution in [0.1, 0.15) is 16.8 Å². The first-order chi connectivity index (χ1) is 10.1. The van der Waals surface area contributed by atoms with Crippen LogP contribution in [0.25, 0.3) is 11.0 Å². The van der Waals surface area contributed by atoms with E-state index in [4.69, 9.17) is 0 Å². The molecule has 0 fully saturated rings. The summed E-state index contributed by atoms with van der Waals surface area (Å²) in [6.45, 7) is 5.16. The molecule has 3 aromatic rings. The molecule has 0 atom stereocenters. The zero-order chi connectivity index (χ0) is 14.6. The van der Waals surface area contributed by atoms with E-state index in [0.29, 0.717) is 0 Å². The number of nitrogens with zero attached hydrogens (tertiary/aromatic N) is 3. The first-order valence-corrected chi connectivity index (χ1v) is 7.80. The van der Waals surface area contributed by atoms with Gasteiger partial charge < -0.3 is 9.88 Å². The number of rotatable bonds is 1. The zero-order valence-electron chi connectivity index (χ0n) is 11.9. The van der Waals surface area contributed by atoms with Gasteiger partial charge in [-0.2, -0.15) is 0 Å². The van der Waals surface area contributed by atoms with Crippen LogP contribution < -0.4 is 4.90 Å². The predicted octanol–water partition coefficient (Wildman–Crippen LogP) is 4.03. The molecule has 3 heterocycles. The number of H-pyrrole nitrogens is 1. The van der Waals surface area contributed by atoms with Crippen molar-refractivity contribution in [2.75, 3.05) is 11.4 Å². The maximum Gasteiger partial charge on any atom is 0.146 e. The van der Waals surface area contributed by atoms with Crippen LogP contribution in [0.15, 0.2) is 29.0 Å². The van der Waals surface area contributed by atoms with Gasteiger partial charge in [0.1, 0.15) is 17.8 Å². The normalized spacial score (nSPS) is 14.0. The van der Waals surface area contributed by atoms with Crippen molar-refractivity contribution < 1.29 is 0 Å². The molecule has 106 valence electrons. The Morgan fingerprint density at radius 1 is 1.24 bits per heavy atom. The second-order valence-corrected chi connectivity index (χ2v) is 6.39. The second-order valence-electron chi connectivity index (χ2n) is 5.47. The van der Waals surface area contributed by atoms with Gasteiger partial charge in [0.25, 0.3) is 0 Å². The lowest BCUT2D eigenvalue weighted by atomic mass is 10.1. The molecule has 0 unspecified atom stereocenters. The maximum atomic E-state index is 4.57. The number of nitrogens with one attached hydrogen (secondary N) is 1. The summed E-state index contributed by atoms with van der Waals surface area (Å²) in [6, 6.07) is 6.46. The van der Waals surface area contributed by atoms with Crippen LogP contribution in [0.3, 0.4) is 0 Å². The molecule has 1 aliphatic rings. The summed E-state index contributed by atoms with van der Waals surface area (Å²) in [5, 5.41) is 1.13. The van der Waals surface area contributed by atoms with Gasteiger partial charge in [-0.05, 0) is 43.5 Å². The smallest absolute Gasteiger partial charge is 0.146 e. The van der Waals surface area contributed by atoms with Gasteiger partial charge in [-0.25, -0.2) is 9.97 Å². The molecular formula is C16H15BrN4. The Kier molecular flexibility index (Phi) is 2.79. The number of hydrogen-bond donors (Lipinski definition) is 1. The van der Waals surface area contributed by atoms with Crippen LogP contribution in [0.2, 0.25) is 0 Å². The van der Waals surface area contributed by atoms with Crippen molar-refractivity contribution in [2.45, 2.75) is 20.3 Å². The molecule has 0 aliphatic carbocycles. The zero-order valence-corrected chi connectivity index (χ0v) is 13.5. The van der Waals surface area contributed by atoms with Crippen molar-refractivity contribution in [3.63, 3.8) is 0 Å². The molecule has 1 aromatic carbocycles. The van der Waals surface area contributed by atoms with Crippen LogP contribution in [-0.2, 0) is 6.42 Å². The summed E-state index contributed by atoms with van der Waals surface area (Å²) < 4.78 is 1.10. The van der Waals surface area contributed by atoms with Crippen LogP contribution >= 0.6 is 15.9 Å². The van der Waals surface area contributed by atoms with Gasteiger partial charge in [0.15, 0.2) is 0 Å². The molecule has 0 amide bonds. The minimum Gasteiger partial charge on any atom is -0.343 e. The van der Waals surface area contributed by atoms with Gasteiger partial charge in [-0.15, -0.1) is 0 Å². The first-order valence-electron chi connectivity index (χ1n) is 7.01. The van der Waals surface area contributed by atoms with Crippen LogP contribution in [0.5, 0.6) is 0 Å². The van der Waals surface area contributed by atoms with Gasteiger partial charge in [-0.1, -0.05) is 22.0 Å². The quantitative estimate of drug-likeness (QED) is 0.726. The van der Waals surface area contributed by atoms with E-state index in [2.05, 4.69) is 67.8 Å². The number of halogens is 1. The molecule has 0 radical (unpaired) electrons. The van der Waals surface area contributed by atoms with E-state index in [1.54, 1.807) is 6.33 Å². The van der Waals surface area contributed by atoms with E-state index < -0.39 is 0 Å². The summed E-state index contributed by atoms with van der Waals surface area (Å²) in [5.74, 6) is 0.999. The van der Waals surface area contributed by atoms with E-state index >= 15 is 0 Å². The third-order valence-electron chi connectivity index (χ3n) is 4.27. The minimum absolute atomic E-state index is 0.915. The molecular weight excluding hydrogens is 328 g/mol. The highest BCUT2D eigenvalue weighted by atomic mass is 79.9. The third kappa shape index (κ3) is 1.87. The number of aromatic nitrogens is 3. The summed E-state index contributed by atoms with van der Waals surface area (Å²) in [6.07, 6.45) is 2.69. The lowest BCUT2D eigenvalue weighted by molar-refractivity contribution is 0.974. The maximum absolute atomic E-state index is 4.57. The van der Waals surface area contributed by atoms with Gasteiger partial charge in [0.2, 0.25) is 0 Å². The van der Waals surface area contributed by atoms with E-state index in [1.807, 2.05) is 0 Å². The van der Waals surface area contributed by atoms with Crippen LogP contribution in [0.4, 0.5) is 11.5 Å². The van der Waals surface area contributed by atoms with E-state index in [1.165, 1.54) is 16.8 Å². The molecule has 1 aliphatic heterocycles. The Morgan fingerprint density at radius 2 is 2.10 bits per heavy atom. The Hall–Kier alpha value is -1.88. The van der Waals surface area contributed by atoms with E-state index in [9.17, 15) is 0 Å². The Bertz CT molecular complexity index is 853. The summed E-state index contributed by atoms with van der Waals surface area (Å²) in [7, 11) is 0. The number of fused-ring (bicyclic) bond motifs is 2. The lowest BCUT2D eigenvalue weighted by Crippen LogP contribution is -2.15. The Labute approximate surface area is 131 Å². The number of hydrogen-bond acceptors (Lipinski definition) is 3. The van der Waals surface area contributed by atoms with Crippen molar-refractivity contribution >= 4 is 38.5 Å². The SMILES string of the molecule is Cc1[nH]c2ncnc(N3CCc4ccc(Br)cc43)c2c1C. The average molecular weight is 343 g/mol. The molecule has 4 nitrogen and oxygen atoms in total. The van der Waals surface area contributed by atoms with Crippen LogP contribution in [-0.4, -0.2) is 21.5 Å². The number of aromatic amines is 1. The van der Waals surface area contributed by atoms with Gasteiger partial charge in [0, 0.05) is 22.4 Å². The topological polar surface area (TPSA) is 44.8 Å². The standard InChI is InChI=1S/C16H15BrN4/c1-9-10(2)20-15-14(9)16(19-8-18-15)21-6-5-11-3-4-12(17)7-13(11)21/h3-4,7-8H,5-6H2,1-2H3,(H,18,19,20). The molecule has 5 heteroatoms. The molecule has 21 heavy (non-hydrogen) atoms. The summed E-state index contributed by atoms with van der Waals surface area (Å²) in [5.41, 5.74) is 5.90. The third-order valence-corrected chi connectivity index (χ3v) is 4.76. The molecule has 4 rings (SSSR count). The van der Waals surface area contributed by atoms with Gasteiger partial charge >= 0.3 is 0 Å². The lowest BCUT2D eigenvalue weighted by Gasteiger charge is -2.19. The molecule has 1 N–H and O–H groups in total. The van der Waals surface area contributed by atoms with Crippen molar-refractivity contribution in [1.82, 2.24) is 15.0 Å². The summed E-state index contributed by atoms with van der Waals surface area (Å²) >= 11 is 3.57. The van der Waals surface area contributed by atoms with Crippen molar-refractivity contribution in [1.29, 1.82) is 0 Å². The van der Waals surface area contributed by atoms with Gasteiger partial charge in [-0.3, -0.25) is 0 Å². The fraction of sp³-hybridized carbons (Fsp3) is 0.250. The Balaban J connectivity index is 1.95. The Morgan fingerprint density at radius 3 is 2.95 bits per heavy atom. The number of benzene rings is 1. The van der Waals surface area contributed by atoms with Crippen LogP contribution in [0, 0.1) is 13.8 Å². The fourth-order valence-corrected chi connectivity index (χ4v) is 3.40. The first kappa shape index (κ1) is 12.8. The minimum atomic E-state index is 0.915. The van der Waals surface area contributed by atoms with E-state index in [-0.39, 0.29) is 0 Å². The number of aryl methyl sites for hydroxylation is 2. The molecule has 0 bridgehead atoms. The highest BCUT2D eigenvalue weighted by Gasteiger charge is 2.24. The fourth-order valence-electron chi connectivity index (χ4n) is 3.05. The second kappa shape index (κ2) is 4.56.